The van der Waals surface area contributed by atoms with Crippen molar-refractivity contribution in [3.8, 4) is 6.07 Å². The van der Waals surface area contributed by atoms with E-state index in [1.165, 1.54) is 11.0 Å². The van der Waals surface area contributed by atoms with Crippen LogP contribution in [0.4, 0.5) is 39.0 Å². The molecular weight excluding hydrogens is 774 g/mol. The molecule has 6 rings (SSSR count). The second kappa shape index (κ2) is 16.6. The minimum Gasteiger partial charge on any atom is -0.378 e. The molecule has 4 amide bonds. The number of carbonyl (C=O) groups excluding carboxylic acids is 4. The van der Waals surface area contributed by atoms with E-state index < -0.39 is 65.0 Å². The Balaban J connectivity index is 0.945. The number of amides is 4. The fourth-order valence-corrected chi connectivity index (χ4v) is 8.74. The number of hydrogen-bond donors (Lipinski definition) is 3. The number of likely N-dealkylation sites (tertiary alicyclic amines) is 1. The largest absolute Gasteiger partial charge is 0.417 e. The van der Waals surface area contributed by atoms with Gasteiger partial charge in [-0.15, -0.1) is 0 Å². The average Bonchev–Trinajstić information content (AvgIpc) is 3.31. The van der Waals surface area contributed by atoms with Gasteiger partial charge in [0.1, 0.15) is 11.6 Å². The van der Waals surface area contributed by atoms with Crippen molar-refractivity contribution in [2.75, 3.05) is 41.8 Å². The first-order valence-electron chi connectivity index (χ1n) is 18.9. The Hall–Kier alpha value is -4.73. The van der Waals surface area contributed by atoms with Gasteiger partial charge >= 0.3 is 6.18 Å². The molecule has 4 fully saturated rings. The van der Waals surface area contributed by atoms with Gasteiger partial charge in [0, 0.05) is 36.4 Å². The topological polar surface area (TPSA) is 147 Å². The van der Waals surface area contributed by atoms with E-state index in [-0.39, 0.29) is 61.3 Å². The van der Waals surface area contributed by atoms with Gasteiger partial charge < -0.3 is 20.3 Å². The summed E-state index contributed by atoms with van der Waals surface area (Å²) in [5.41, 5.74) is -1.94. The van der Waals surface area contributed by atoms with Crippen LogP contribution in [0.3, 0.4) is 0 Å². The zero-order valence-corrected chi connectivity index (χ0v) is 32.3. The van der Waals surface area contributed by atoms with Crippen LogP contribution in [0.1, 0.15) is 76.3 Å². The van der Waals surface area contributed by atoms with Gasteiger partial charge in [0.05, 0.1) is 42.1 Å². The molecule has 3 heterocycles. The van der Waals surface area contributed by atoms with Crippen molar-refractivity contribution in [1.82, 2.24) is 15.1 Å². The number of ether oxygens (including phenoxy) is 1. The van der Waals surface area contributed by atoms with Gasteiger partial charge in [-0.2, -0.15) is 18.4 Å². The summed E-state index contributed by atoms with van der Waals surface area (Å²) < 4.78 is 77.8. The molecule has 12 nitrogen and oxygen atoms in total. The first kappa shape index (κ1) is 41.9. The monoisotopic (exact) mass is 817 g/mol. The van der Waals surface area contributed by atoms with Crippen molar-refractivity contribution in [3.05, 3.63) is 53.6 Å². The van der Waals surface area contributed by atoms with Crippen molar-refractivity contribution < 1.29 is 45.9 Å². The fraction of sp³-hybridized carbons (Fsp3) is 0.538. The maximum absolute atomic E-state index is 15.3. The van der Waals surface area contributed by atoms with Gasteiger partial charge in [0.2, 0.25) is 17.7 Å². The van der Waals surface area contributed by atoms with Gasteiger partial charge in [-0.3, -0.25) is 34.3 Å². The number of imide groups is 1. The van der Waals surface area contributed by atoms with E-state index in [0.717, 1.165) is 17.0 Å². The highest BCUT2D eigenvalue weighted by Gasteiger charge is 2.53. The van der Waals surface area contributed by atoms with E-state index in [1.807, 2.05) is 0 Å². The van der Waals surface area contributed by atoms with Crippen LogP contribution in [0.25, 0.3) is 0 Å². The smallest absolute Gasteiger partial charge is 0.378 e. The minimum absolute atomic E-state index is 0.0707. The summed E-state index contributed by atoms with van der Waals surface area (Å²) in [4.78, 5) is 54.2. The highest BCUT2D eigenvalue weighted by molar-refractivity contribution is 7.80. The molecule has 1 saturated carbocycles. The van der Waals surface area contributed by atoms with Gasteiger partial charge in [0.25, 0.3) is 11.8 Å². The summed E-state index contributed by atoms with van der Waals surface area (Å²) in [6.45, 7) is 2.96. The normalized spacial score (nSPS) is 25.2. The number of nitrogens with one attached hydrogen (secondary N) is 3. The molecule has 4 aliphatic rings. The molecule has 0 spiro atoms. The summed E-state index contributed by atoms with van der Waals surface area (Å²) in [6.07, 6.45) is -1.87. The Bertz CT molecular complexity index is 1950. The summed E-state index contributed by atoms with van der Waals surface area (Å²) in [5.74, 6) is -5.67. The lowest BCUT2D eigenvalue weighted by Gasteiger charge is -2.41. The zero-order chi connectivity index (χ0) is 41.3. The first-order valence-corrected chi connectivity index (χ1v) is 19.3. The minimum atomic E-state index is -4.80. The average molecular weight is 818 g/mol. The van der Waals surface area contributed by atoms with E-state index in [2.05, 4.69) is 16.0 Å². The number of thiocarbonyl (C=S) groups is 1. The third-order valence-electron chi connectivity index (χ3n) is 11.2. The number of halogens is 5. The number of nitriles is 1. The molecule has 3 aliphatic heterocycles. The van der Waals surface area contributed by atoms with Crippen LogP contribution in [-0.2, 0) is 30.1 Å². The predicted molar refractivity (Wildman–Crippen MR) is 203 cm³/mol. The maximum Gasteiger partial charge on any atom is 0.417 e. The summed E-state index contributed by atoms with van der Waals surface area (Å²) in [5, 5.41) is 17.3. The molecule has 0 bridgehead atoms. The van der Waals surface area contributed by atoms with Crippen molar-refractivity contribution in [2.24, 2.45) is 5.92 Å². The molecule has 1 aliphatic carbocycles. The summed E-state index contributed by atoms with van der Waals surface area (Å²) in [6, 6.07) is 10.5. The number of carbonyl (C=O) groups is 4. The Morgan fingerprint density at radius 2 is 1.75 bits per heavy atom. The number of anilines is 3. The molecular formula is C39H44F5N7O5S. The van der Waals surface area contributed by atoms with Gasteiger partial charge in [-0.1, -0.05) is 6.07 Å². The molecule has 57 heavy (non-hydrogen) atoms. The molecule has 306 valence electrons. The lowest BCUT2D eigenvalue weighted by molar-refractivity contribution is -0.138. The van der Waals surface area contributed by atoms with Crippen molar-refractivity contribution in [2.45, 2.75) is 101 Å². The Morgan fingerprint density at radius 3 is 2.42 bits per heavy atom. The number of hydrogen-bond acceptors (Lipinski definition) is 9. The lowest BCUT2D eigenvalue weighted by Crippen LogP contribution is -2.51. The molecule has 2 unspecified atom stereocenters. The van der Waals surface area contributed by atoms with E-state index in [9.17, 15) is 37.6 Å². The SMILES string of the molecule is CC1(C)C(=O)N(c2ccc(C#N)c(C(F)(F)F)c2)C(=S)N1C1CCC(OCCC2CCN(CC(=O)Nc3cccc(NC4CCC(=O)NC4=O)c3)CC2(F)F)CC1. The highest BCUT2D eigenvalue weighted by atomic mass is 32.1. The van der Waals surface area contributed by atoms with Gasteiger partial charge in [-0.25, -0.2) is 8.78 Å². The maximum atomic E-state index is 15.3. The number of rotatable bonds is 11. The van der Waals surface area contributed by atoms with Crippen molar-refractivity contribution >= 4 is 58.0 Å². The highest BCUT2D eigenvalue weighted by Crippen LogP contribution is 2.41. The van der Waals surface area contributed by atoms with Crippen molar-refractivity contribution in [1.29, 1.82) is 5.26 Å². The molecule has 0 aromatic heterocycles. The van der Waals surface area contributed by atoms with E-state index in [4.69, 9.17) is 17.0 Å². The lowest BCUT2D eigenvalue weighted by atomic mass is 9.88. The van der Waals surface area contributed by atoms with Crippen LogP contribution in [-0.4, -0.2) is 94.4 Å². The third kappa shape index (κ3) is 9.37. The number of piperidine rings is 2. The number of alkyl halides is 5. The van der Waals surface area contributed by atoms with Crippen LogP contribution in [0.5, 0.6) is 0 Å². The predicted octanol–water partition coefficient (Wildman–Crippen LogP) is 5.82. The second-order valence-electron chi connectivity index (χ2n) is 15.5. The van der Waals surface area contributed by atoms with Crippen molar-refractivity contribution in [3.63, 3.8) is 0 Å². The molecule has 3 N–H and O–H groups in total. The van der Waals surface area contributed by atoms with E-state index in [1.54, 1.807) is 49.1 Å². The summed E-state index contributed by atoms with van der Waals surface area (Å²) >= 11 is 5.67. The molecule has 2 atom stereocenters. The van der Waals surface area contributed by atoms with Crippen LogP contribution >= 0.6 is 12.2 Å². The fourth-order valence-electron chi connectivity index (χ4n) is 8.17. The molecule has 0 radical (unpaired) electrons. The van der Waals surface area contributed by atoms with Crippen LogP contribution in [0, 0.1) is 17.2 Å². The number of benzene rings is 2. The first-order chi connectivity index (χ1) is 26.9. The Morgan fingerprint density at radius 1 is 1.04 bits per heavy atom. The third-order valence-corrected chi connectivity index (χ3v) is 11.5. The van der Waals surface area contributed by atoms with Gasteiger partial charge in [0.15, 0.2) is 5.11 Å². The second-order valence-corrected chi connectivity index (χ2v) is 15.9. The zero-order valence-electron chi connectivity index (χ0n) is 31.5. The van der Waals surface area contributed by atoms with Gasteiger partial charge in [-0.05, 0) is 114 Å². The summed E-state index contributed by atoms with van der Waals surface area (Å²) in [7, 11) is 0. The van der Waals surface area contributed by atoms with Crippen LogP contribution in [0.2, 0.25) is 0 Å². The Kier molecular flexibility index (Phi) is 12.2. The Labute approximate surface area is 332 Å². The molecule has 2 aromatic rings. The number of nitrogens with zero attached hydrogens (tertiary/aromatic N) is 4. The van der Waals surface area contributed by atoms with Crippen LogP contribution < -0.4 is 20.9 Å². The molecule has 18 heteroatoms. The van der Waals surface area contributed by atoms with E-state index >= 15 is 8.78 Å². The standard InChI is InChI=1S/C39H44F5N7O5S/c1-37(2)35(55)50(28-7-6-23(20-45)30(19-28)39(42,43)44)36(57)51(37)27-8-10-29(11-9-27)56-17-15-24-14-16-49(22-38(24,40)41)21-33(53)47-26-5-3-4-25(18-26)46-31-12-13-32(52)48-34(31)54/h3-7,18-19,24,27,29,31,46H,8-17,21-22H2,1-2H3,(H,47,53)(H,48,52,54). The van der Waals surface area contributed by atoms with E-state index in [0.29, 0.717) is 50.0 Å². The van der Waals surface area contributed by atoms with Crippen LogP contribution in [0.15, 0.2) is 42.5 Å². The molecule has 2 aromatic carbocycles. The quantitative estimate of drug-likeness (QED) is 0.144. The molecule has 3 saturated heterocycles.